The lowest BCUT2D eigenvalue weighted by atomic mass is 10.1. The molecule has 0 aliphatic rings. The molecule has 102 valence electrons. The fourth-order valence-electron chi connectivity index (χ4n) is 1.67. The Morgan fingerprint density at radius 3 is 2.47 bits per heavy atom. The molecule has 1 atom stereocenters. The average Bonchev–Trinajstić information content (AvgIpc) is 2.76. The molecule has 2 heterocycles. The van der Waals surface area contributed by atoms with Crippen LogP contribution in [-0.2, 0) is 6.18 Å². The van der Waals surface area contributed by atoms with Crippen molar-refractivity contribution in [3.05, 3.63) is 50.4 Å². The summed E-state index contributed by atoms with van der Waals surface area (Å²) >= 11 is 4.93. The molecule has 0 aliphatic carbocycles. The van der Waals surface area contributed by atoms with E-state index in [2.05, 4.69) is 26.2 Å². The van der Waals surface area contributed by atoms with Gasteiger partial charge in [0.15, 0.2) is 0 Å². The fourth-order valence-corrected chi connectivity index (χ4v) is 3.39. The van der Waals surface area contributed by atoms with Gasteiger partial charge in [0.05, 0.1) is 17.3 Å². The van der Waals surface area contributed by atoms with Gasteiger partial charge >= 0.3 is 6.18 Å². The van der Waals surface area contributed by atoms with E-state index in [0.717, 1.165) is 21.6 Å². The molecule has 0 aromatic carbocycles. The molecule has 19 heavy (non-hydrogen) atoms. The first-order valence-corrected chi connectivity index (χ1v) is 7.04. The first kappa shape index (κ1) is 14.5. The number of nitrogens with one attached hydrogen (secondary N) is 1. The lowest BCUT2D eigenvalue weighted by molar-refractivity contribution is -0.137. The van der Waals surface area contributed by atoms with Crippen LogP contribution in [0, 0.1) is 0 Å². The largest absolute Gasteiger partial charge is 0.417 e. The van der Waals surface area contributed by atoms with E-state index < -0.39 is 11.7 Å². The summed E-state index contributed by atoms with van der Waals surface area (Å²) in [7, 11) is 1.75. The highest BCUT2D eigenvalue weighted by molar-refractivity contribution is 9.10. The molecule has 0 aliphatic heterocycles. The number of hydrogen-bond donors (Lipinski definition) is 1. The van der Waals surface area contributed by atoms with E-state index in [-0.39, 0.29) is 6.04 Å². The first-order valence-electron chi connectivity index (χ1n) is 5.36. The van der Waals surface area contributed by atoms with Gasteiger partial charge in [-0.3, -0.25) is 4.98 Å². The summed E-state index contributed by atoms with van der Waals surface area (Å²) in [5.41, 5.74) is -0.185. The van der Waals surface area contributed by atoms with Crippen LogP contribution in [0.5, 0.6) is 0 Å². The quantitative estimate of drug-likeness (QED) is 0.895. The molecule has 2 rings (SSSR count). The van der Waals surface area contributed by atoms with E-state index in [1.165, 1.54) is 17.4 Å². The molecule has 0 amide bonds. The highest BCUT2D eigenvalue weighted by atomic mass is 79.9. The van der Waals surface area contributed by atoms with E-state index >= 15 is 0 Å². The van der Waals surface area contributed by atoms with E-state index in [1.54, 1.807) is 7.05 Å². The Morgan fingerprint density at radius 1 is 1.32 bits per heavy atom. The molecule has 0 saturated carbocycles. The number of rotatable bonds is 3. The minimum absolute atomic E-state index is 0.225. The van der Waals surface area contributed by atoms with Gasteiger partial charge in [0.25, 0.3) is 0 Å². The monoisotopic (exact) mass is 350 g/mol. The van der Waals surface area contributed by atoms with Gasteiger partial charge < -0.3 is 5.32 Å². The summed E-state index contributed by atoms with van der Waals surface area (Å²) in [6.07, 6.45) is -3.49. The lowest BCUT2D eigenvalue weighted by Crippen LogP contribution is -2.18. The van der Waals surface area contributed by atoms with E-state index in [0.29, 0.717) is 5.69 Å². The van der Waals surface area contributed by atoms with Crippen LogP contribution in [0.25, 0.3) is 0 Å². The standard InChI is InChI=1S/C12H10BrF3N2S/c1-17-10(11-8(13)4-5-19-11)9-3-2-7(6-18-9)12(14,15)16/h2-6,10,17H,1H3. The minimum atomic E-state index is -4.36. The van der Waals surface area contributed by atoms with Crippen molar-refractivity contribution < 1.29 is 13.2 Å². The second kappa shape index (κ2) is 5.60. The zero-order valence-electron chi connectivity index (χ0n) is 9.83. The summed E-state index contributed by atoms with van der Waals surface area (Å²) < 4.78 is 38.4. The normalized spacial score (nSPS) is 13.5. The number of nitrogens with zero attached hydrogens (tertiary/aromatic N) is 1. The van der Waals surface area contributed by atoms with Crippen LogP contribution in [0.15, 0.2) is 34.2 Å². The fraction of sp³-hybridized carbons (Fsp3) is 0.250. The molecule has 2 nitrogen and oxygen atoms in total. The van der Waals surface area contributed by atoms with Gasteiger partial charge in [-0.05, 0) is 46.6 Å². The molecule has 0 saturated heterocycles. The summed E-state index contributed by atoms with van der Waals surface area (Å²) in [4.78, 5) is 4.90. The molecule has 0 fully saturated rings. The number of alkyl halides is 3. The van der Waals surface area contributed by atoms with Crippen molar-refractivity contribution in [1.82, 2.24) is 10.3 Å². The van der Waals surface area contributed by atoms with E-state index in [9.17, 15) is 13.2 Å². The van der Waals surface area contributed by atoms with Crippen molar-refractivity contribution in [2.75, 3.05) is 7.05 Å². The molecule has 0 bridgehead atoms. The number of thiophene rings is 1. The number of aromatic nitrogens is 1. The zero-order valence-corrected chi connectivity index (χ0v) is 12.2. The van der Waals surface area contributed by atoms with Gasteiger partial charge in [-0.2, -0.15) is 13.2 Å². The number of hydrogen-bond acceptors (Lipinski definition) is 3. The Morgan fingerprint density at radius 2 is 2.05 bits per heavy atom. The maximum Gasteiger partial charge on any atom is 0.417 e. The molecular formula is C12H10BrF3N2S. The Bertz CT molecular complexity index is 551. The van der Waals surface area contributed by atoms with Gasteiger partial charge in [0.1, 0.15) is 0 Å². The van der Waals surface area contributed by atoms with Crippen molar-refractivity contribution in [1.29, 1.82) is 0 Å². The smallest absolute Gasteiger partial charge is 0.307 e. The zero-order chi connectivity index (χ0) is 14.0. The summed E-state index contributed by atoms with van der Waals surface area (Å²) in [6, 6.07) is 4.12. The highest BCUT2D eigenvalue weighted by Gasteiger charge is 2.31. The van der Waals surface area contributed by atoms with Gasteiger partial charge in [0.2, 0.25) is 0 Å². The molecule has 0 spiro atoms. The van der Waals surface area contributed by atoms with Crippen molar-refractivity contribution >= 4 is 27.3 Å². The summed E-state index contributed by atoms with van der Waals surface area (Å²) in [6.45, 7) is 0. The maximum atomic E-state index is 12.5. The second-order valence-corrected chi connectivity index (χ2v) is 5.63. The number of pyridine rings is 1. The highest BCUT2D eigenvalue weighted by Crippen LogP contribution is 2.33. The van der Waals surface area contributed by atoms with Crippen LogP contribution in [0.1, 0.15) is 22.2 Å². The molecule has 0 radical (unpaired) electrons. The molecule has 2 aromatic rings. The summed E-state index contributed by atoms with van der Waals surface area (Å²) in [5, 5.41) is 4.97. The molecule has 1 N–H and O–H groups in total. The second-order valence-electron chi connectivity index (χ2n) is 3.82. The van der Waals surface area contributed by atoms with E-state index in [1.807, 2.05) is 11.4 Å². The van der Waals surface area contributed by atoms with Crippen LogP contribution in [0.3, 0.4) is 0 Å². The number of halogens is 4. The third kappa shape index (κ3) is 3.16. The predicted octanol–water partition coefficient (Wildman–Crippen LogP) is 4.23. The third-order valence-electron chi connectivity index (χ3n) is 2.61. The van der Waals surface area contributed by atoms with Crippen molar-refractivity contribution in [3.63, 3.8) is 0 Å². The average molecular weight is 351 g/mol. The summed E-state index contributed by atoms with van der Waals surface area (Å²) in [5.74, 6) is 0. The molecule has 7 heteroatoms. The van der Waals surface area contributed by atoms with Crippen LogP contribution >= 0.6 is 27.3 Å². The Balaban J connectivity index is 2.33. The molecule has 2 aromatic heterocycles. The van der Waals surface area contributed by atoms with E-state index in [4.69, 9.17) is 0 Å². The van der Waals surface area contributed by atoms with Gasteiger partial charge in [-0.25, -0.2) is 0 Å². The molecule has 1 unspecified atom stereocenters. The van der Waals surface area contributed by atoms with Crippen LogP contribution in [0.2, 0.25) is 0 Å². The Hall–Kier alpha value is -0.920. The van der Waals surface area contributed by atoms with Crippen molar-refractivity contribution in [2.45, 2.75) is 12.2 Å². The van der Waals surface area contributed by atoms with Crippen molar-refractivity contribution in [3.8, 4) is 0 Å². The van der Waals surface area contributed by atoms with Gasteiger partial charge in [0, 0.05) is 15.5 Å². The Labute approximate surface area is 120 Å². The predicted molar refractivity (Wildman–Crippen MR) is 72.2 cm³/mol. The van der Waals surface area contributed by atoms with Gasteiger partial charge in [-0.15, -0.1) is 11.3 Å². The van der Waals surface area contributed by atoms with Crippen LogP contribution in [0.4, 0.5) is 13.2 Å². The minimum Gasteiger partial charge on any atom is -0.307 e. The Kier molecular flexibility index (Phi) is 4.27. The van der Waals surface area contributed by atoms with Gasteiger partial charge in [-0.1, -0.05) is 0 Å². The lowest BCUT2D eigenvalue weighted by Gasteiger charge is -2.15. The van der Waals surface area contributed by atoms with Crippen molar-refractivity contribution in [2.24, 2.45) is 0 Å². The SMILES string of the molecule is CNC(c1ccc(C(F)(F)F)cn1)c1sccc1Br. The topological polar surface area (TPSA) is 24.9 Å². The third-order valence-corrected chi connectivity index (χ3v) is 4.54. The maximum absolute atomic E-state index is 12.5. The van der Waals surface area contributed by atoms with Crippen LogP contribution < -0.4 is 5.32 Å². The van der Waals surface area contributed by atoms with Crippen LogP contribution in [-0.4, -0.2) is 12.0 Å². The molecular weight excluding hydrogens is 341 g/mol. The first-order chi connectivity index (χ1) is 8.93.